The molecule has 2 rings (SSSR count). The molecule has 5 heteroatoms. The summed E-state index contributed by atoms with van der Waals surface area (Å²) in [5, 5.41) is 6.46. The number of carbonyl (C=O) groups is 1. The summed E-state index contributed by atoms with van der Waals surface area (Å²) in [6.07, 6.45) is 5.13. The Morgan fingerprint density at radius 1 is 1.62 bits per heavy atom. The van der Waals surface area contributed by atoms with Gasteiger partial charge in [0.1, 0.15) is 5.76 Å². The van der Waals surface area contributed by atoms with E-state index in [1.807, 2.05) is 19.1 Å². The van der Waals surface area contributed by atoms with Gasteiger partial charge in [0, 0.05) is 12.6 Å². The molecule has 2 heterocycles. The third-order valence-corrected chi connectivity index (χ3v) is 4.07. The van der Waals surface area contributed by atoms with E-state index in [1.54, 1.807) is 6.26 Å². The predicted octanol–water partition coefficient (Wildman–Crippen LogP) is 1.75. The summed E-state index contributed by atoms with van der Waals surface area (Å²) in [6.45, 7) is 7.60. The topological polar surface area (TPSA) is 57.5 Å². The summed E-state index contributed by atoms with van der Waals surface area (Å²) < 4.78 is 5.24. The van der Waals surface area contributed by atoms with Crippen LogP contribution in [0.5, 0.6) is 0 Å². The molecule has 0 saturated carbocycles. The minimum atomic E-state index is -0.109. The van der Waals surface area contributed by atoms with Crippen molar-refractivity contribution in [3.05, 3.63) is 24.2 Å². The maximum absolute atomic E-state index is 12.3. The Labute approximate surface area is 127 Å². The lowest BCUT2D eigenvalue weighted by Gasteiger charge is -2.30. The van der Waals surface area contributed by atoms with Gasteiger partial charge in [-0.2, -0.15) is 0 Å². The molecule has 2 unspecified atom stereocenters. The van der Waals surface area contributed by atoms with Crippen LogP contribution in [0.2, 0.25) is 0 Å². The van der Waals surface area contributed by atoms with Crippen molar-refractivity contribution in [2.24, 2.45) is 0 Å². The minimum absolute atomic E-state index is 0.0675. The van der Waals surface area contributed by atoms with E-state index in [1.165, 1.54) is 12.8 Å². The van der Waals surface area contributed by atoms with E-state index in [9.17, 15) is 4.79 Å². The lowest BCUT2D eigenvalue weighted by Crippen LogP contribution is -2.49. The fraction of sp³-hybridized carbons (Fsp3) is 0.688. The summed E-state index contributed by atoms with van der Waals surface area (Å²) in [6, 6.07) is 4.12. The van der Waals surface area contributed by atoms with Gasteiger partial charge in [0.15, 0.2) is 0 Å². The highest BCUT2D eigenvalue weighted by molar-refractivity contribution is 5.81. The molecule has 1 aromatic heterocycles. The minimum Gasteiger partial charge on any atom is -0.467 e. The fourth-order valence-electron chi connectivity index (χ4n) is 2.83. The van der Waals surface area contributed by atoms with Crippen LogP contribution < -0.4 is 10.6 Å². The van der Waals surface area contributed by atoms with Gasteiger partial charge in [0.25, 0.3) is 0 Å². The maximum Gasteiger partial charge on any atom is 0.237 e. The van der Waals surface area contributed by atoms with Crippen molar-refractivity contribution in [1.82, 2.24) is 15.5 Å². The first-order valence-electron chi connectivity index (χ1n) is 7.98. The quantitative estimate of drug-likeness (QED) is 0.766. The Kier molecular flexibility index (Phi) is 6.26. The molecule has 0 radical (unpaired) electrons. The molecule has 1 aliphatic rings. The maximum atomic E-state index is 12.3. The molecule has 0 spiro atoms. The average molecular weight is 293 g/mol. The predicted molar refractivity (Wildman–Crippen MR) is 82.9 cm³/mol. The number of carbonyl (C=O) groups excluding carboxylic acids is 1. The zero-order valence-electron chi connectivity index (χ0n) is 13.1. The summed E-state index contributed by atoms with van der Waals surface area (Å²) in [7, 11) is 0. The number of amides is 1. The number of hydrogen-bond acceptors (Lipinski definition) is 4. The summed E-state index contributed by atoms with van der Waals surface area (Å²) >= 11 is 0. The number of nitrogens with one attached hydrogen (secondary N) is 2. The van der Waals surface area contributed by atoms with Crippen molar-refractivity contribution < 1.29 is 9.21 Å². The third-order valence-electron chi connectivity index (χ3n) is 4.07. The molecule has 0 aliphatic carbocycles. The largest absolute Gasteiger partial charge is 0.467 e. The highest BCUT2D eigenvalue weighted by atomic mass is 16.3. The van der Waals surface area contributed by atoms with Gasteiger partial charge in [0.2, 0.25) is 5.91 Å². The standard InChI is InChI=1S/C16H27N3O2/c1-3-9-19(12-14-6-4-8-17-14)13(2)16(20)18-11-15-7-5-10-21-15/h5,7,10,13-14,17H,3-4,6,8-9,11-12H2,1-2H3,(H,18,20). The van der Waals surface area contributed by atoms with E-state index < -0.39 is 0 Å². The molecule has 1 amide bonds. The summed E-state index contributed by atoms with van der Waals surface area (Å²) in [5.74, 6) is 0.855. The van der Waals surface area contributed by atoms with E-state index in [2.05, 4.69) is 22.5 Å². The molecule has 0 aromatic carbocycles. The molecular formula is C16H27N3O2. The van der Waals surface area contributed by atoms with Gasteiger partial charge in [0.05, 0.1) is 18.8 Å². The van der Waals surface area contributed by atoms with Gasteiger partial charge in [-0.1, -0.05) is 6.92 Å². The van der Waals surface area contributed by atoms with E-state index >= 15 is 0 Å². The zero-order valence-corrected chi connectivity index (χ0v) is 13.1. The molecule has 0 bridgehead atoms. The number of hydrogen-bond donors (Lipinski definition) is 2. The van der Waals surface area contributed by atoms with Crippen molar-refractivity contribution in [3.63, 3.8) is 0 Å². The van der Waals surface area contributed by atoms with Crippen LogP contribution in [0.25, 0.3) is 0 Å². The first-order valence-corrected chi connectivity index (χ1v) is 7.98. The molecule has 1 fully saturated rings. The second-order valence-corrected chi connectivity index (χ2v) is 5.76. The molecule has 21 heavy (non-hydrogen) atoms. The second-order valence-electron chi connectivity index (χ2n) is 5.76. The molecule has 118 valence electrons. The Bertz CT molecular complexity index is 413. The normalized spacial score (nSPS) is 19.9. The first kappa shape index (κ1) is 16.0. The second kappa shape index (κ2) is 8.20. The number of rotatable bonds is 8. The lowest BCUT2D eigenvalue weighted by atomic mass is 10.1. The first-order chi connectivity index (χ1) is 10.2. The van der Waals surface area contributed by atoms with Gasteiger partial charge in [-0.15, -0.1) is 0 Å². The van der Waals surface area contributed by atoms with Crippen molar-refractivity contribution in [1.29, 1.82) is 0 Å². The van der Waals surface area contributed by atoms with Gasteiger partial charge in [-0.3, -0.25) is 9.69 Å². The van der Waals surface area contributed by atoms with Crippen molar-refractivity contribution in [3.8, 4) is 0 Å². The van der Waals surface area contributed by atoms with Crippen LogP contribution in [0.15, 0.2) is 22.8 Å². The van der Waals surface area contributed by atoms with Crippen LogP contribution in [0.4, 0.5) is 0 Å². The van der Waals surface area contributed by atoms with E-state index in [-0.39, 0.29) is 11.9 Å². The van der Waals surface area contributed by atoms with Crippen molar-refractivity contribution in [2.75, 3.05) is 19.6 Å². The van der Waals surface area contributed by atoms with Crippen LogP contribution >= 0.6 is 0 Å². The van der Waals surface area contributed by atoms with Crippen LogP contribution in [0, 0.1) is 0 Å². The van der Waals surface area contributed by atoms with Gasteiger partial charge >= 0.3 is 0 Å². The van der Waals surface area contributed by atoms with E-state index in [0.717, 1.165) is 31.8 Å². The highest BCUT2D eigenvalue weighted by Crippen LogP contribution is 2.10. The molecule has 2 N–H and O–H groups in total. The monoisotopic (exact) mass is 293 g/mol. The Balaban J connectivity index is 1.83. The van der Waals surface area contributed by atoms with Crippen molar-refractivity contribution >= 4 is 5.91 Å². The lowest BCUT2D eigenvalue weighted by molar-refractivity contribution is -0.126. The zero-order chi connectivity index (χ0) is 15.1. The Morgan fingerprint density at radius 2 is 2.48 bits per heavy atom. The molecule has 5 nitrogen and oxygen atoms in total. The van der Waals surface area contributed by atoms with Crippen LogP contribution in [-0.4, -0.2) is 42.5 Å². The van der Waals surface area contributed by atoms with Crippen LogP contribution in [-0.2, 0) is 11.3 Å². The van der Waals surface area contributed by atoms with Crippen LogP contribution in [0.3, 0.4) is 0 Å². The fourth-order valence-corrected chi connectivity index (χ4v) is 2.83. The SMILES string of the molecule is CCCN(CC1CCCN1)C(C)C(=O)NCc1ccco1. The summed E-state index contributed by atoms with van der Waals surface area (Å²) in [5.41, 5.74) is 0. The Hall–Kier alpha value is -1.33. The van der Waals surface area contributed by atoms with Gasteiger partial charge in [-0.25, -0.2) is 0 Å². The van der Waals surface area contributed by atoms with Crippen LogP contribution in [0.1, 0.15) is 38.9 Å². The molecule has 1 saturated heterocycles. The number of nitrogens with zero attached hydrogens (tertiary/aromatic N) is 1. The smallest absolute Gasteiger partial charge is 0.237 e. The summed E-state index contributed by atoms with van der Waals surface area (Å²) in [4.78, 5) is 14.6. The van der Waals surface area contributed by atoms with Crippen molar-refractivity contribution in [2.45, 2.75) is 51.7 Å². The molecule has 1 aromatic rings. The Morgan fingerprint density at radius 3 is 3.10 bits per heavy atom. The van der Waals surface area contributed by atoms with Gasteiger partial charge in [-0.05, 0) is 51.4 Å². The van der Waals surface area contributed by atoms with Gasteiger partial charge < -0.3 is 15.1 Å². The average Bonchev–Trinajstić information content (AvgIpc) is 3.16. The third kappa shape index (κ3) is 4.86. The molecular weight excluding hydrogens is 266 g/mol. The number of furan rings is 1. The van der Waals surface area contributed by atoms with E-state index in [0.29, 0.717) is 12.6 Å². The molecule has 1 aliphatic heterocycles. The van der Waals surface area contributed by atoms with E-state index in [4.69, 9.17) is 4.42 Å². The highest BCUT2D eigenvalue weighted by Gasteiger charge is 2.24. The molecule has 2 atom stereocenters.